The number of hydrogen-bond donors (Lipinski definition) is 1. The third-order valence-corrected chi connectivity index (χ3v) is 13.5. The molecule has 11 heteroatoms. The van der Waals surface area contributed by atoms with Gasteiger partial charge in [-0.2, -0.15) is 12.6 Å². The fourth-order valence-electron chi connectivity index (χ4n) is 10.2. The van der Waals surface area contributed by atoms with E-state index in [1.165, 1.54) is 11.1 Å². The first kappa shape index (κ1) is 45.7. The van der Waals surface area contributed by atoms with Gasteiger partial charge >= 0.3 is 0 Å². The van der Waals surface area contributed by atoms with Crippen LogP contribution in [-0.2, 0) is 48.4 Å². The topological polar surface area (TPSA) is 90.0 Å². The first-order valence-electron chi connectivity index (χ1n) is 23.7. The molecule has 0 saturated heterocycles. The highest BCUT2D eigenvalue weighted by atomic mass is 32.1. The third kappa shape index (κ3) is 9.80. The quantitative estimate of drug-likeness (QED) is 0.0687. The van der Waals surface area contributed by atoms with Crippen LogP contribution in [0.5, 0.6) is 17.2 Å². The smallest absolute Gasteiger partial charge is 0.258 e. The molecule has 0 bridgehead atoms. The van der Waals surface area contributed by atoms with Crippen molar-refractivity contribution in [1.82, 2.24) is 0 Å². The number of aryl methyl sites for hydroxylation is 3. The molecule has 0 radical (unpaired) electrons. The molecule has 0 N–H and O–H groups in total. The summed E-state index contributed by atoms with van der Waals surface area (Å²) in [5, 5.41) is 0. The van der Waals surface area contributed by atoms with Crippen molar-refractivity contribution in [3.63, 3.8) is 0 Å². The van der Waals surface area contributed by atoms with Crippen molar-refractivity contribution in [3.05, 3.63) is 141 Å². The van der Waals surface area contributed by atoms with E-state index in [1.54, 1.807) is 7.11 Å². The number of methoxy groups -OCH3 is 1. The van der Waals surface area contributed by atoms with E-state index < -0.39 is 0 Å². The minimum atomic E-state index is -0.301. The Morgan fingerprint density at radius 2 is 1.21 bits per heavy atom. The highest BCUT2D eigenvalue weighted by Crippen LogP contribution is 2.42. The van der Waals surface area contributed by atoms with Gasteiger partial charge in [0.25, 0.3) is 11.8 Å². The number of thiol groups is 1. The van der Waals surface area contributed by atoms with Crippen molar-refractivity contribution < 1.29 is 33.3 Å². The number of nitrogens with zero attached hydrogens (tertiary/aromatic N) is 3. The number of carbonyl (C=O) groups excluding carboxylic acids is 2. The fourth-order valence-corrected chi connectivity index (χ4v) is 10.4. The molecule has 10 nitrogen and oxygen atoms in total. The standard InChI is InChI=1S/C55H63N3O7S/c1-6-20-62-22-23-63-21-19-56(35-55(3,4)66)45-26-37(33-64-50-30-39-15-17-43-28-41-11-7-9-13-48(41)57(43)53(59)46(39)24-36(50)2)25-38(27-45)34-65-52-31-40-16-18-44-29-42-12-8-10-14-49(42)58(44)54(60)47(40)32-51(52)61-5/h7-14,24-27,30-32,43-44,66H,6,15-23,28-29,33-35H2,1-5H3/t43-,44-/m1/s1. The van der Waals surface area contributed by atoms with E-state index >= 15 is 0 Å². The fraction of sp³-hybridized carbons (Fsp3) is 0.418. The zero-order valence-electron chi connectivity index (χ0n) is 39.1. The lowest BCUT2D eigenvalue weighted by atomic mass is 9.98. The first-order valence-corrected chi connectivity index (χ1v) is 24.1. The summed E-state index contributed by atoms with van der Waals surface area (Å²) in [5.74, 6) is 1.96. The Balaban J connectivity index is 0.978. The maximum atomic E-state index is 14.2. The molecule has 2 amide bonds. The van der Waals surface area contributed by atoms with Crippen molar-refractivity contribution in [2.24, 2.45) is 0 Å². The minimum Gasteiger partial charge on any atom is -0.493 e. The highest BCUT2D eigenvalue weighted by Gasteiger charge is 2.39. The average Bonchev–Trinajstić information content (AvgIpc) is 3.80. The van der Waals surface area contributed by atoms with E-state index in [9.17, 15) is 9.59 Å². The number of ether oxygens (including phenoxy) is 5. The Labute approximate surface area is 395 Å². The summed E-state index contributed by atoms with van der Waals surface area (Å²) in [6.45, 7) is 12.6. The number of anilines is 3. The van der Waals surface area contributed by atoms with E-state index in [0.29, 0.717) is 56.6 Å². The number of para-hydroxylation sites is 2. The predicted octanol–water partition coefficient (Wildman–Crippen LogP) is 10.2. The zero-order chi connectivity index (χ0) is 46.0. The normalized spacial score (nSPS) is 17.2. The molecule has 66 heavy (non-hydrogen) atoms. The summed E-state index contributed by atoms with van der Waals surface area (Å²) in [6, 6.07) is 31.2. The lowest BCUT2D eigenvalue weighted by Gasteiger charge is -2.32. The molecule has 5 aromatic carbocycles. The van der Waals surface area contributed by atoms with E-state index in [4.69, 9.17) is 36.3 Å². The van der Waals surface area contributed by atoms with Gasteiger partial charge in [0.15, 0.2) is 11.5 Å². The van der Waals surface area contributed by atoms with Crippen molar-refractivity contribution >= 4 is 41.5 Å². The summed E-state index contributed by atoms with van der Waals surface area (Å²) < 4.78 is 30.7. The molecular weight excluding hydrogens is 847 g/mol. The summed E-state index contributed by atoms with van der Waals surface area (Å²) in [5.41, 5.74) is 11.8. The van der Waals surface area contributed by atoms with Crippen LogP contribution in [0.2, 0.25) is 0 Å². The summed E-state index contributed by atoms with van der Waals surface area (Å²) in [6.07, 6.45) is 6.05. The predicted molar refractivity (Wildman–Crippen MR) is 265 cm³/mol. The summed E-state index contributed by atoms with van der Waals surface area (Å²) >= 11 is 4.97. The second kappa shape index (κ2) is 19.8. The van der Waals surface area contributed by atoms with Crippen LogP contribution in [0, 0.1) is 6.92 Å². The average molecular weight is 910 g/mol. The molecule has 4 heterocycles. The molecular formula is C55H63N3O7S. The molecule has 0 saturated carbocycles. The molecule has 4 aliphatic rings. The van der Waals surface area contributed by atoms with Crippen molar-refractivity contribution in [1.29, 1.82) is 0 Å². The minimum absolute atomic E-state index is 0.00624. The number of hydrogen-bond acceptors (Lipinski definition) is 9. The molecule has 5 aromatic rings. The van der Waals surface area contributed by atoms with Gasteiger partial charge in [-0.25, -0.2) is 0 Å². The monoisotopic (exact) mass is 909 g/mol. The number of fused-ring (bicyclic) bond motifs is 8. The second-order valence-corrected chi connectivity index (χ2v) is 20.1. The van der Waals surface area contributed by atoms with Gasteiger partial charge in [-0.3, -0.25) is 9.59 Å². The molecule has 9 rings (SSSR count). The van der Waals surface area contributed by atoms with Crippen LogP contribution in [-0.4, -0.2) is 75.3 Å². The summed E-state index contributed by atoms with van der Waals surface area (Å²) in [4.78, 5) is 34.6. The Bertz CT molecular complexity index is 2590. The van der Waals surface area contributed by atoms with Gasteiger partial charge in [-0.05, 0) is 159 Å². The van der Waals surface area contributed by atoms with Crippen LogP contribution < -0.4 is 28.9 Å². The van der Waals surface area contributed by atoms with Crippen molar-refractivity contribution in [2.45, 2.75) is 103 Å². The molecule has 0 aromatic heterocycles. The highest BCUT2D eigenvalue weighted by molar-refractivity contribution is 7.81. The number of benzene rings is 5. The summed E-state index contributed by atoms with van der Waals surface area (Å²) in [7, 11) is 1.62. The molecule has 346 valence electrons. The Hall–Kier alpha value is -5.49. The van der Waals surface area contributed by atoms with Gasteiger partial charge in [0.2, 0.25) is 0 Å². The van der Waals surface area contributed by atoms with Crippen molar-refractivity contribution in [3.8, 4) is 17.2 Å². The number of carbonyl (C=O) groups is 2. The van der Waals surface area contributed by atoms with E-state index in [2.05, 4.69) is 74.2 Å². The van der Waals surface area contributed by atoms with Crippen molar-refractivity contribution in [2.75, 3.05) is 61.3 Å². The molecule has 4 aliphatic heterocycles. The van der Waals surface area contributed by atoms with E-state index in [0.717, 1.165) is 108 Å². The van der Waals surface area contributed by atoms with Crippen LogP contribution >= 0.6 is 12.6 Å². The SMILES string of the molecule is CCCOCCOCCN(CC(C)(C)S)c1cc(COc2cc3c(cc2C)C(=O)N2c4ccccc4C[C@H]2CC3)cc(COc2cc3c(cc2OC)C(=O)N2c4ccccc4C[C@H]2CC3)c1. The Morgan fingerprint density at radius 1 is 0.667 bits per heavy atom. The molecule has 0 aliphatic carbocycles. The largest absolute Gasteiger partial charge is 0.493 e. The third-order valence-electron chi connectivity index (χ3n) is 13.3. The van der Waals surface area contributed by atoms with Crippen LogP contribution in [0.4, 0.5) is 17.1 Å². The molecule has 0 fully saturated rings. The van der Waals surface area contributed by atoms with Gasteiger partial charge in [0, 0.05) is 64.7 Å². The van der Waals surface area contributed by atoms with E-state index in [-0.39, 0.29) is 35.3 Å². The van der Waals surface area contributed by atoms with Gasteiger partial charge < -0.3 is 38.4 Å². The second-order valence-electron chi connectivity index (χ2n) is 18.9. The first-order chi connectivity index (χ1) is 32.0. The number of rotatable bonds is 18. The van der Waals surface area contributed by atoms with Gasteiger partial charge in [0.1, 0.15) is 19.0 Å². The maximum absolute atomic E-state index is 14.2. The number of amides is 2. The lowest BCUT2D eigenvalue weighted by molar-refractivity contribution is 0.0505. The Kier molecular flexibility index (Phi) is 13.7. The maximum Gasteiger partial charge on any atom is 0.258 e. The van der Waals surface area contributed by atoms with Crippen LogP contribution in [0.1, 0.15) is 99.7 Å². The van der Waals surface area contributed by atoms with Crippen LogP contribution in [0.3, 0.4) is 0 Å². The molecule has 0 spiro atoms. The van der Waals surface area contributed by atoms with Gasteiger partial charge in [-0.1, -0.05) is 43.3 Å². The van der Waals surface area contributed by atoms with Crippen LogP contribution in [0.25, 0.3) is 0 Å². The molecule has 0 unspecified atom stereocenters. The van der Waals surface area contributed by atoms with E-state index in [1.807, 2.05) is 59.2 Å². The Morgan fingerprint density at radius 3 is 1.79 bits per heavy atom. The zero-order valence-corrected chi connectivity index (χ0v) is 40.0. The van der Waals surface area contributed by atoms with Crippen LogP contribution in [0.15, 0.2) is 91.0 Å². The lowest BCUT2D eigenvalue weighted by Crippen LogP contribution is -2.37. The van der Waals surface area contributed by atoms with Gasteiger partial charge in [-0.15, -0.1) is 0 Å². The van der Waals surface area contributed by atoms with Gasteiger partial charge in [0.05, 0.1) is 26.9 Å². The molecule has 2 atom stereocenters.